The van der Waals surface area contributed by atoms with Gasteiger partial charge in [0.15, 0.2) is 0 Å². The molecule has 1 unspecified atom stereocenters. The van der Waals surface area contributed by atoms with E-state index >= 15 is 0 Å². The lowest BCUT2D eigenvalue weighted by atomic mass is 9.80. The van der Waals surface area contributed by atoms with E-state index in [4.69, 9.17) is 5.73 Å². The SMILES string of the molecule is Cc1ccc(/C=C/C(=O)NCCCC[C@H](NC(=O)Cc2ccc(NC(=O)N(C)c3ccccc3C)cc2)C(=O)N[C@@H](CC(C)CC(=O)O)C(=O)NC2(C(N)=O)CCCCC2)cn1. The van der Waals surface area contributed by atoms with Crippen molar-refractivity contribution in [3.8, 4) is 0 Å². The molecule has 3 aromatic rings. The molecule has 1 aromatic heterocycles. The third-order valence-corrected chi connectivity index (χ3v) is 10.9. The van der Waals surface area contributed by atoms with Crippen LogP contribution in [0.1, 0.15) is 93.5 Å². The van der Waals surface area contributed by atoms with E-state index in [1.54, 1.807) is 50.5 Å². The molecule has 332 valence electrons. The van der Waals surface area contributed by atoms with Crippen molar-refractivity contribution in [3.05, 3.63) is 95.3 Å². The number of pyridine rings is 1. The lowest BCUT2D eigenvalue weighted by Gasteiger charge is -2.36. The Morgan fingerprint density at radius 1 is 0.887 bits per heavy atom. The maximum atomic E-state index is 14.1. The minimum atomic E-state index is -1.30. The molecule has 0 bridgehead atoms. The number of nitrogens with one attached hydrogen (secondary N) is 5. The fourth-order valence-electron chi connectivity index (χ4n) is 7.35. The van der Waals surface area contributed by atoms with E-state index in [9.17, 15) is 38.7 Å². The zero-order chi connectivity index (χ0) is 45.2. The van der Waals surface area contributed by atoms with Crippen molar-refractivity contribution < 1.29 is 38.7 Å². The van der Waals surface area contributed by atoms with Gasteiger partial charge in [0, 0.05) is 49.4 Å². The van der Waals surface area contributed by atoms with Gasteiger partial charge >= 0.3 is 12.0 Å². The smallest absolute Gasteiger partial charge is 0.326 e. The van der Waals surface area contributed by atoms with Crippen molar-refractivity contribution in [2.75, 3.05) is 23.8 Å². The Morgan fingerprint density at radius 3 is 2.24 bits per heavy atom. The molecular formula is C46H60N8O8. The number of primary amides is 1. The second-order valence-electron chi connectivity index (χ2n) is 16.1. The van der Waals surface area contributed by atoms with Crippen LogP contribution in [-0.2, 0) is 35.2 Å². The van der Waals surface area contributed by atoms with Gasteiger partial charge in [-0.3, -0.25) is 38.7 Å². The van der Waals surface area contributed by atoms with Gasteiger partial charge in [0.2, 0.25) is 29.5 Å². The van der Waals surface area contributed by atoms with Crippen LogP contribution in [0.4, 0.5) is 16.2 Å². The van der Waals surface area contributed by atoms with Gasteiger partial charge < -0.3 is 37.4 Å². The summed E-state index contributed by atoms with van der Waals surface area (Å²) < 4.78 is 0. The molecule has 0 aliphatic heterocycles. The Bertz CT molecular complexity index is 2070. The molecule has 3 atom stereocenters. The zero-order valence-electron chi connectivity index (χ0n) is 36.0. The summed E-state index contributed by atoms with van der Waals surface area (Å²) in [6.45, 7) is 5.71. The topological polar surface area (TPSA) is 242 Å². The molecule has 4 rings (SSSR count). The number of hydrogen-bond acceptors (Lipinski definition) is 8. The number of unbranched alkanes of at least 4 members (excludes halogenated alkanes) is 1. The fourth-order valence-corrected chi connectivity index (χ4v) is 7.35. The number of carbonyl (C=O) groups is 7. The van der Waals surface area contributed by atoms with Gasteiger partial charge in [-0.15, -0.1) is 0 Å². The number of aromatic nitrogens is 1. The van der Waals surface area contributed by atoms with Crippen LogP contribution < -0.4 is 37.2 Å². The number of carbonyl (C=O) groups excluding carboxylic acids is 6. The summed E-state index contributed by atoms with van der Waals surface area (Å²) in [4.78, 5) is 96.7. The van der Waals surface area contributed by atoms with E-state index in [2.05, 4.69) is 31.6 Å². The first-order chi connectivity index (χ1) is 29.5. The molecule has 0 saturated heterocycles. The molecule has 2 aromatic carbocycles. The van der Waals surface area contributed by atoms with Gasteiger partial charge in [0.05, 0.1) is 6.42 Å². The summed E-state index contributed by atoms with van der Waals surface area (Å²) in [7, 11) is 1.67. The number of rotatable bonds is 21. The summed E-state index contributed by atoms with van der Waals surface area (Å²) in [5.41, 5.74) is 8.92. The number of amides is 7. The van der Waals surface area contributed by atoms with Gasteiger partial charge in [-0.25, -0.2) is 4.79 Å². The first-order valence-electron chi connectivity index (χ1n) is 21.1. The average Bonchev–Trinajstić information content (AvgIpc) is 3.23. The third-order valence-electron chi connectivity index (χ3n) is 10.9. The van der Waals surface area contributed by atoms with E-state index in [1.165, 1.54) is 11.0 Å². The standard InChI is InChI=1S/C46H60N8O8/c1-30(27-41(57)58)26-37(43(60)53-46(44(47)61)23-9-5-10-24-46)52-42(59)36(13-8-11-25-48-39(55)22-19-34-16-15-32(3)49-29-34)51-40(56)28-33-17-20-35(21-18-33)50-45(62)54(4)38-14-7-6-12-31(38)2/h6-7,12,14-22,29-30,36-37H,5,8-11,13,23-28H2,1-4H3,(H2,47,61)(H,48,55)(H,50,62)(H,51,56)(H,52,59)(H,53,60)(H,57,58)/b22-19+/t30?,36-,37-/m0/s1. The molecule has 7 amide bonds. The van der Waals surface area contributed by atoms with Crippen LogP contribution >= 0.6 is 0 Å². The summed E-state index contributed by atoms with van der Waals surface area (Å²) in [6.07, 6.45) is 8.17. The molecule has 16 nitrogen and oxygen atoms in total. The molecule has 0 radical (unpaired) electrons. The minimum absolute atomic E-state index is 0.0543. The highest BCUT2D eigenvalue weighted by atomic mass is 16.4. The van der Waals surface area contributed by atoms with Gasteiger partial charge in [-0.2, -0.15) is 0 Å². The number of aryl methyl sites for hydroxylation is 2. The highest BCUT2D eigenvalue weighted by molar-refractivity contribution is 6.02. The van der Waals surface area contributed by atoms with E-state index in [1.807, 2.05) is 50.2 Å². The lowest BCUT2D eigenvalue weighted by molar-refractivity contribution is -0.139. The summed E-state index contributed by atoms with van der Waals surface area (Å²) in [5, 5.41) is 23.4. The quantitative estimate of drug-likeness (QED) is 0.0581. The second-order valence-corrected chi connectivity index (χ2v) is 16.1. The highest BCUT2D eigenvalue weighted by Gasteiger charge is 2.41. The molecule has 1 saturated carbocycles. The molecule has 8 N–H and O–H groups in total. The van der Waals surface area contributed by atoms with Crippen molar-refractivity contribution in [1.82, 2.24) is 26.3 Å². The van der Waals surface area contributed by atoms with Crippen molar-refractivity contribution in [2.45, 2.75) is 109 Å². The Hall–Kier alpha value is -6.58. The highest BCUT2D eigenvalue weighted by Crippen LogP contribution is 2.28. The largest absolute Gasteiger partial charge is 0.481 e. The predicted octanol–water partition coefficient (Wildman–Crippen LogP) is 4.68. The summed E-state index contributed by atoms with van der Waals surface area (Å²) in [6, 6.07) is 15.2. The third kappa shape index (κ3) is 15.2. The first kappa shape index (κ1) is 48.1. The lowest BCUT2D eigenvalue weighted by Crippen LogP contribution is -2.63. The molecule has 62 heavy (non-hydrogen) atoms. The molecule has 1 aliphatic carbocycles. The van der Waals surface area contributed by atoms with Crippen molar-refractivity contribution >= 4 is 59.0 Å². The number of nitrogens with zero attached hydrogens (tertiary/aromatic N) is 2. The number of anilines is 2. The molecular weight excluding hydrogens is 793 g/mol. The number of aliphatic carboxylic acids is 1. The molecule has 1 fully saturated rings. The Morgan fingerprint density at radius 2 is 1.60 bits per heavy atom. The number of benzene rings is 2. The second kappa shape index (κ2) is 23.4. The predicted molar refractivity (Wildman–Crippen MR) is 237 cm³/mol. The van der Waals surface area contributed by atoms with Crippen LogP contribution in [0.25, 0.3) is 6.08 Å². The van der Waals surface area contributed by atoms with Crippen molar-refractivity contribution in [3.63, 3.8) is 0 Å². The monoisotopic (exact) mass is 852 g/mol. The number of nitrogens with two attached hydrogens (primary N) is 1. The molecule has 0 spiro atoms. The van der Waals surface area contributed by atoms with Gasteiger partial charge in [0.25, 0.3) is 0 Å². The number of para-hydroxylation sites is 1. The van der Waals surface area contributed by atoms with Gasteiger partial charge in [-0.1, -0.05) is 62.6 Å². The molecule has 1 heterocycles. The van der Waals surface area contributed by atoms with E-state index in [0.717, 1.165) is 28.9 Å². The zero-order valence-corrected chi connectivity index (χ0v) is 36.0. The van der Waals surface area contributed by atoms with Crippen LogP contribution in [0.15, 0.2) is 72.9 Å². The van der Waals surface area contributed by atoms with Crippen LogP contribution in [0, 0.1) is 19.8 Å². The van der Waals surface area contributed by atoms with E-state index < -0.39 is 53.1 Å². The van der Waals surface area contributed by atoms with Gasteiger partial charge in [0.1, 0.15) is 17.6 Å². The number of carboxylic acid groups (broad SMARTS) is 1. The first-order valence-corrected chi connectivity index (χ1v) is 21.1. The molecule has 1 aliphatic rings. The number of hydrogen-bond donors (Lipinski definition) is 7. The van der Waals surface area contributed by atoms with Crippen molar-refractivity contribution in [2.24, 2.45) is 11.7 Å². The summed E-state index contributed by atoms with van der Waals surface area (Å²) >= 11 is 0. The Balaban J connectivity index is 1.44. The van der Waals surface area contributed by atoms with Crippen LogP contribution in [0.3, 0.4) is 0 Å². The average molecular weight is 853 g/mol. The van der Waals surface area contributed by atoms with E-state index in [0.29, 0.717) is 49.8 Å². The number of urea groups is 1. The van der Waals surface area contributed by atoms with Crippen LogP contribution in [0.2, 0.25) is 0 Å². The van der Waals surface area contributed by atoms with Gasteiger partial charge in [-0.05, 0) is 105 Å². The molecule has 16 heteroatoms. The minimum Gasteiger partial charge on any atom is -0.481 e. The van der Waals surface area contributed by atoms with Crippen LogP contribution in [-0.4, -0.2) is 82.8 Å². The fraction of sp³-hybridized carbons (Fsp3) is 0.435. The Labute approximate surface area is 362 Å². The maximum Gasteiger partial charge on any atom is 0.326 e. The maximum absolute atomic E-state index is 14.1. The van der Waals surface area contributed by atoms with E-state index in [-0.39, 0.29) is 44.2 Å². The number of carboxylic acids is 1. The Kier molecular flexibility index (Phi) is 18.2. The van der Waals surface area contributed by atoms with Crippen molar-refractivity contribution in [1.29, 1.82) is 0 Å². The van der Waals surface area contributed by atoms with Crippen LogP contribution in [0.5, 0.6) is 0 Å². The summed E-state index contributed by atoms with van der Waals surface area (Å²) in [5.74, 6) is -4.44. The normalized spacial score (nSPS) is 14.7.